The van der Waals surface area contributed by atoms with Crippen molar-refractivity contribution in [2.75, 3.05) is 25.4 Å². The molecule has 1 aliphatic carbocycles. The topological polar surface area (TPSA) is 58.2 Å². The van der Waals surface area contributed by atoms with Gasteiger partial charge in [0.25, 0.3) is 0 Å². The van der Waals surface area contributed by atoms with Crippen molar-refractivity contribution in [1.82, 2.24) is 10.0 Å². The molecule has 0 aliphatic heterocycles. The smallest absolute Gasteiger partial charge is 0.212 e. The van der Waals surface area contributed by atoms with E-state index in [1.54, 1.807) is 0 Å². The molecule has 2 N–H and O–H groups in total. The molecule has 0 amide bonds. The van der Waals surface area contributed by atoms with Crippen LogP contribution in [-0.2, 0) is 10.0 Å². The maximum absolute atomic E-state index is 11.6. The molecule has 2 atom stereocenters. The molecule has 0 aromatic carbocycles. The average Bonchev–Trinajstić information content (AvgIpc) is 2.62. The minimum Gasteiger partial charge on any atom is -0.316 e. The first-order chi connectivity index (χ1) is 7.53. The van der Waals surface area contributed by atoms with E-state index in [1.807, 2.05) is 6.92 Å². The van der Waals surface area contributed by atoms with Crippen molar-refractivity contribution in [3.8, 4) is 0 Å². The second-order valence-corrected chi connectivity index (χ2v) is 6.73. The van der Waals surface area contributed by atoms with Crippen LogP contribution in [0.1, 0.15) is 33.1 Å². The Morgan fingerprint density at radius 2 is 2.06 bits per heavy atom. The fourth-order valence-corrected chi connectivity index (χ4v) is 3.26. The van der Waals surface area contributed by atoms with Crippen molar-refractivity contribution in [3.63, 3.8) is 0 Å². The highest BCUT2D eigenvalue weighted by Gasteiger charge is 2.22. The summed E-state index contributed by atoms with van der Waals surface area (Å²) < 4.78 is 25.9. The molecule has 2 unspecified atom stereocenters. The molecule has 4 nitrogen and oxygen atoms in total. The van der Waals surface area contributed by atoms with E-state index in [1.165, 1.54) is 6.42 Å². The van der Waals surface area contributed by atoms with Gasteiger partial charge in [-0.2, -0.15) is 0 Å². The van der Waals surface area contributed by atoms with Crippen molar-refractivity contribution in [1.29, 1.82) is 0 Å². The summed E-state index contributed by atoms with van der Waals surface area (Å²) in [6, 6.07) is 0. The summed E-state index contributed by atoms with van der Waals surface area (Å²) in [5, 5.41) is 3.02. The highest BCUT2D eigenvalue weighted by atomic mass is 32.2. The fourth-order valence-electron chi connectivity index (χ4n) is 2.21. The molecule has 5 heteroatoms. The molecule has 1 rings (SSSR count). The first-order valence-corrected chi connectivity index (χ1v) is 7.86. The Labute approximate surface area is 99.2 Å². The van der Waals surface area contributed by atoms with Crippen LogP contribution < -0.4 is 10.0 Å². The van der Waals surface area contributed by atoms with Crippen LogP contribution in [0.2, 0.25) is 0 Å². The van der Waals surface area contributed by atoms with Crippen molar-refractivity contribution in [3.05, 3.63) is 0 Å². The standard InChI is InChI=1S/C11H24N2O2S/c1-3-12-6-7-16(14,15)13-9-11-5-4-10(2)8-11/h10-13H,3-9H2,1-2H3. The van der Waals surface area contributed by atoms with Crippen molar-refractivity contribution in [2.24, 2.45) is 11.8 Å². The molecule has 0 spiro atoms. The summed E-state index contributed by atoms with van der Waals surface area (Å²) in [5.41, 5.74) is 0. The lowest BCUT2D eigenvalue weighted by molar-refractivity contribution is 0.498. The predicted molar refractivity (Wildman–Crippen MR) is 66.8 cm³/mol. The largest absolute Gasteiger partial charge is 0.316 e. The lowest BCUT2D eigenvalue weighted by Gasteiger charge is -2.11. The van der Waals surface area contributed by atoms with Crippen LogP contribution in [0.4, 0.5) is 0 Å². The minimum atomic E-state index is -3.07. The van der Waals surface area contributed by atoms with Gasteiger partial charge in [-0.25, -0.2) is 13.1 Å². The lowest BCUT2D eigenvalue weighted by atomic mass is 10.1. The summed E-state index contributed by atoms with van der Waals surface area (Å²) in [6.45, 7) is 6.18. The molecule has 16 heavy (non-hydrogen) atoms. The Balaban J connectivity index is 2.20. The van der Waals surface area contributed by atoms with Gasteiger partial charge in [0.05, 0.1) is 5.75 Å². The van der Waals surface area contributed by atoms with E-state index in [0.29, 0.717) is 19.0 Å². The zero-order chi connectivity index (χ0) is 12.0. The molecule has 1 aliphatic rings. The Hall–Kier alpha value is -0.130. The summed E-state index contributed by atoms with van der Waals surface area (Å²) in [7, 11) is -3.07. The van der Waals surface area contributed by atoms with Crippen LogP contribution in [0.15, 0.2) is 0 Å². The van der Waals surface area contributed by atoms with E-state index in [0.717, 1.165) is 25.3 Å². The Morgan fingerprint density at radius 3 is 2.62 bits per heavy atom. The maximum atomic E-state index is 11.6. The summed E-state index contributed by atoms with van der Waals surface area (Å²) in [4.78, 5) is 0. The molecule has 0 heterocycles. The minimum absolute atomic E-state index is 0.184. The van der Waals surface area contributed by atoms with Gasteiger partial charge in [0.1, 0.15) is 0 Å². The molecule has 0 bridgehead atoms. The number of rotatable bonds is 7. The molecule has 0 aromatic rings. The van der Waals surface area contributed by atoms with Crippen LogP contribution in [0, 0.1) is 11.8 Å². The normalized spacial score (nSPS) is 26.1. The maximum Gasteiger partial charge on any atom is 0.212 e. The van der Waals surface area contributed by atoms with Crippen molar-refractivity contribution < 1.29 is 8.42 Å². The highest BCUT2D eigenvalue weighted by molar-refractivity contribution is 7.89. The molecule has 1 fully saturated rings. The number of sulfonamides is 1. The van der Waals surface area contributed by atoms with Gasteiger partial charge in [-0.1, -0.05) is 20.3 Å². The third-order valence-electron chi connectivity index (χ3n) is 3.19. The SMILES string of the molecule is CCNCCS(=O)(=O)NCC1CCC(C)C1. The monoisotopic (exact) mass is 248 g/mol. The summed E-state index contributed by atoms with van der Waals surface area (Å²) in [5.74, 6) is 1.49. The van der Waals surface area contributed by atoms with E-state index in [4.69, 9.17) is 0 Å². The number of hydrogen-bond acceptors (Lipinski definition) is 3. The molecule has 0 radical (unpaired) electrons. The van der Waals surface area contributed by atoms with Crippen LogP contribution >= 0.6 is 0 Å². The summed E-state index contributed by atoms with van der Waals surface area (Å²) >= 11 is 0. The Bertz CT molecular complexity index is 290. The second-order valence-electron chi connectivity index (χ2n) is 4.81. The van der Waals surface area contributed by atoms with Crippen LogP contribution in [0.3, 0.4) is 0 Å². The van der Waals surface area contributed by atoms with E-state index in [-0.39, 0.29) is 5.75 Å². The molecule has 1 saturated carbocycles. The Morgan fingerprint density at radius 1 is 1.31 bits per heavy atom. The second kappa shape index (κ2) is 6.57. The van der Waals surface area contributed by atoms with E-state index in [9.17, 15) is 8.42 Å². The van der Waals surface area contributed by atoms with Gasteiger partial charge in [0.15, 0.2) is 0 Å². The average molecular weight is 248 g/mol. The molecule has 96 valence electrons. The van der Waals surface area contributed by atoms with Crippen molar-refractivity contribution >= 4 is 10.0 Å². The molecular formula is C11H24N2O2S. The van der Waals surface area contributed by atoms with Crippen molar-refractivity contribution in [2.45, 2.75) is 33.1 Å². The summed E-state index contributed by atoms with van der Waals surface area (Å²) in [6.07, 6.45) is 3.57. The first kappa shape index (κ1) is 13.9. The van der Waals surface area contributed by atoms with E-state index < -0.39 is 10.0 Å². The van der Waals surface area contributed by atoms with Gasteiger partial charge in [-0.05, 0) is 31.2 Å². The highest BCUT2D eigenvalue weighted by Crippen LogP contribution is 2.29. The zero-order valence-corrected chi connectivity index (χ0v) is 11.1. The predicted octanol–water partition coefficient (Wildman–Crippen LogP) is 0.952. The van der Waals surface area contributed by atoms with Gasteiger partial charge in [0.2, 0.25) is 10.0 Å². The zero-order valence-electron chi connectivity index (χ0n) is 10.3. The Kier molecular flexibility index (Phi) is 5.72. The van der Waals surface area contributed by atoms with Crippen LogP contribution in [-0.4, -0.2) is 33.8 Å². The van der Waals surface area contributed by atoms with Gasteiger partial charge < -0.3 is 5.32 Å². The van der Waals surface area contributed by atoms with E-state index in [2.05, 4.69) is 17.0 Å². The molecular weight excluding hydrogens is 224 g/mol. The number of nitrogens with one attached hydrogen (secondary N) is 2. The van der Waals surface area contributed by atoms with Gasteiger partial charge in [0, 0.05) is 13.1 Å². The fraction of sp³-hybridized carbons (Fsp3) is 1.00. The first-order valence-electron chi connectivity index (χ1n) is 6.21. The van der Waals surface area contributed by atoms with Gasteiger partial charge in [-0.15, -0.1) is 0 Å². The molecule has 0 saturated heterocycles. The third-order valence-corrected chi connectivity index (χ3v) is 4.54. The van der Waals surface area contributed by atoms with Crippen LogP contribution in [0.5, 0.6) is 0 Å². The van der Waals surface area contributed by atoms with Gasteiger partial charge in [-0.3, -0.25) is 0 Å². The lowest BCUT2D eigenvalue weighted by Crippen LogP contribution is -2.34. The number of hydrogen-bond donors (Lipinski definition) is 2. The third kappa shape index (κ3) is 5.27. The quantitative estimate of drug-likeness (QED) is 0.660. The van der Waals surface area contributed by atoms with E-state index >= 15 is 0 Å². The molecule has 0 aromatic heterocycles. The van der Waals surface area contributed by atoms with Crippen LogP contribution in [0.25, 0.3) is 0 Å². The van der Waals surface area contributed by atoms with Gasteiger partial charge >= 0.3 is 0 Å².